The number of Topliss-reactive ketones (excluding diaryl/α,β-unsaturated/α-hetero) is 1. The quantitative estimate of drug-likeness (QED) is 0.336. The van der Waals surface area contributed by atoms with Gasteiger partial charge in [0.15, 0.2) is 17.2 Å². The average molecular weight is 539 g/mol. The number of nitrogens with zero attached hydrogens (tertiary/aromatic N) is 1. The highest BCUT2D eigenvalue weighted by Crippen LogP contribution is 2.51. The molecule has 0 amide bonds. The van der Waals surface area contributed by atoms with Gasteiger partial charge in [-0.05, 0) is 60.7 Å². The second-order valence-corrected chi connectivity index (χ2v) is 11.8. The minimum absolute atomic E-state index is 0.0560. The lowest BCUT2D eigenvalue weighted by molar-refractivity contribution is -0.120. The van der Waals surface area contributed by atoms with E-state index in [0.717, 1.165) is 18.4 Å². The summed E-state index contributed by atoms with van der Waals surface area (Å²) in [7, 11) is -4.08. The number of aliphatic hydroxyl groups is 2. The second-order valence-electron chi connectivity index (χ2n) is 10.1. The molecule has 1 atom stereocenters. The summed E-state index contributed by atoms with van der Waals surface area (Å²) < 4.78 is 38.6. The van der Waals surface area contributed by atoms with E-state index in [1.54, 1.807) is 32.0 Å². The van der Waals surface area contributed by atoms with Crippen LogP contribution in [0, 0.1) is 5.92 Å². The Balaban J connectivity index is 1.31. The van der Waals surface area contributed by atoms with Crippen LogP contribution in [-0.2, 0) is 26.7 Å². The van der Waals surface area contributed by atoms with E-state index >= 15 is 0 Å². The fourth-order valence-electron chi connectivity index (χ4n) is 4.55. The van der Waals surface area contributed by atoms with Gasteiger partial charge in [0, 0.05) is 17.7 Å². The Morgan fingerprint density at radius 3 is 2.45 bits per heavy atom. The van der Waals surface area contributed by atoms with Crippen molar-refractivity contribution in [1.29, 1.82) is 0 Å². The van der Waals surface area contributed by atoms with Gasteiger partial charge in [0.1, 0.15) is 5.78 Å². The Morgan fingerprint density at radius 1 is 1.08 bits per heavy atom. The fraction of sp³-hybridized carbons (Fsp3) is 0.357. The molecule has 1 aliphatic heterocycles. The average Bonchev–Trinajstić information content (AvgIpc) is 3.59. The van der Waals surface area contributed by atoms with Crippen LogP contribution in [0.25, 0.3) is 11.3 Å². The zero-order valence-corrected chi connectivity index (χ0v) is 22.0. The molecule has 10 heteroatoms. The number of fused-ring (bicyclic) bond motifs is 1. The number of rotatable bonds is 10. The zero-order valence-electron chi connectivity index (χ0n) is 21.2. The molecule has 1 saturated carbocycles. The smallest absolute Gasteiger partial charge is 0.243 e. The molecule has 38 heavy (non-hydrogen) atoms. The number of benzene rings is 2. The maximum atomic E-state index is 13.4. The number of aromatic nitrogens is 1. The summed E-state index contributed by atoms with van der Waals surface area (Å²) in [5.74, 6) is 0.892. The van der Waals surface area contributed by atoms with E-state index < -0.39 is 33.7 Å². The Hall–Kier alpha value is -3.31. The topological polar surface area (TPSA) is 135 Å². The molecule has 0 bridgehead atoms. The summed E-state index contributed by atoms with van der Waals surface area (Å²) in [6.07, 6.45) is 1.72. The van der Waals surface area contributed by atoms with Crippen LogP contribution in [0.1, 0.15) is 37.9 Å². The van der Waals surface area contributed by atoms with Gasteiger partial charge in [0.25, 0.3) is 0 Å². The molecule has 3 N–H and O–H groups in total. The number of pyridine rings is 1. The number of ether oxygens (including phenoxy) is 2. The molecule has 1 aliphatic carbocycles. The molecular weight excluding hydrogens is 508 g/mol. The van der Waals surface area contributed by atoms with Gasteiger partial charge in [-0.3, -0.25) is 9.78 Å². The van der Waals surface area contributed by atoms with Crippen molar-refractivity contribution in [2.45, 2.75) is 49.1 Å². The molecule has 3 aromatic rings. The van der Waals surface area contributed by atoms with Gasteiger partial charge < -0.3 is 19.7 Å². The highest BCUT2D eigenvalue weighted by atomic mass is 32.2. The Bertz CT molecular complexity index is 1470. The first-order valence-corrected chi connectivity index (χ1v) is 13.9. The van der Waals surface area contributed by atoms with Crippen LogP contribution in [0.15, 0.2) is 65.6 Å². The number of aliphatic hydroxyl groups excluding tert-OH is 1. The monoisotopic (exact) mass is 538 g/mol. The van der Waals surface area contributed by atoms with E-state index in [9.17, 15) is 23.4 Å². The molecule has 1 aromatic heterocycles. The van der Waals surface area contributed by atoms with E-state index in [4.69, 9.17) is 9.47 Å². The van der Waals surface area contributed by atoms with Gasteiger partial charge in [-0.2, -0.15) is 4.72 Å². The maximum Gasteiger partial charge on any atom is 0.243 e. The van der Waals surface area contributed by atoms with E-state index in [-0.39, 0.29) is 23.9 Å². The summed E-state index contributed by atoms with van der Waals surface area (Å²) >= 11 is 0. The number of carbonyl (C=O) groups excluding carboxylic acids is 1. The molecule has 200 valence electrons. The third-order valence-electron chi connectivity index (χ3n) is 7.33. The Morgan fingerprint density at radius 2 is 1.79 bits per heavy atom. The van der Waals surface area contributed by atoms with Crippen molar-refractivity contribution in [3.63, 3.8) is 0 Å². The van der Waals surface area contributed by atoms with Gasteiger partial charge in [-0.15, -0.1) is 0 Å². The molecule has 1 fully saturated rings. The van der Waals surface area contributed by atoms with Crippen LogP contribution in [0.5, 0.6) is 11.5 Å². The lowest BCUT2D eigenvalue weighted by Gasteiger charge is -2.30. The minimum atomic E-state index is -4.08. The van der Waals surface area contributed by atoms with Crippen molar-refractivity contribution in [2.75, 3.05) is 13.4 Å². The zero-order chi connectivity index (χ0) is 27.1. The summed E-state index contributed by atoms with van der Waals surface area (Å²) in [6.45, 7) is 2.63. The first kappa shape index (κ1) is 26.3. The van der Waals surface area contributed by atoms with Crippen molar-refractivity contribution >= 4 is 15.8 Å². The minimum Gasteiger partial charge on any atom is -0.454 e. The summed E-state index contributed by atoms with van der Waals surface area (Å²) in [4.78, 5) is 18.0. The molecule has 0 radical (unpaired) electrons. The molecule has 2 aliphatic rings. The molecule has 0 spiro atoms. The third kappa shape index (κ3) is 4.92. The van der Waals surface area contributed by atoms with Crippen molar-refractivity contribution in [3.8, 4) is 22.8 Å². The van der Waals surface area contributed by atoms with Crippen LogP contribution < -0.4 is 14.2 Å². The Labute approximate surface area is 221 Å². The maximum absolute atomic E-state index is 13.4. The number of nitrogens with one attached hydrogen (secondary N) is 1. The molecule has 9 nitrogen and oxygen atoms in total. The van der Waals surface area contributed by atoms with Gasteiger partial charge in [-0.1, -0.05) is 38.1 Å². The molecule has 0 saturated heterocycles. The second kappa shape index (κ2) is 9.77. The van der Waals surface area contributed by atoms with Gasteiger partial charge >= 0.3 is 0 Å². The molecule has 2 aromatic carbocycles. The lowest BCUT2D eigenvalue weighted by atomic mass is 9.88. The Kier molecular flexibility index (Phi) is 6.77. The molecular formula is C28H30N2O7S. The van der Waals surface area contributed by atoms with Crippen LogP contribution in [0.3, 0.4) is 0 Å². The van der Waals surface area contributed by atoms with E-state index in [2.05, 4.69) is 9.71 Å². The van der Waals surface area contributed by atoms with Crippen molar-refractivity contribution in [2.24, 2.45) is 5.92 Å². The van der Waals surface area contributed by atoms with Crippen LogP contribution in [0.2, 0.25) is 0 Å². The van der Waals surface area contributed by atoms with E-state index in [1.165, 1.54) is 12.1 Å². The summed E-state index contributed by atoms with van der Waals surface area (Å²) in [5, 5.41) is 19.9. The van der Waals surface area contributed by atoms with Gasteiger partial charge in [0.05, 0.1) is 22.6 Å². The van der Waals surface area contributed by atoms with Gasteiger partial charge in [0.2, 0.25) is 16.8 Å². The number of hydrogen-bond donors (Lipinski definition) is 3. The predicted molar refractivity (Wildman–Crippen MR) is 139 cm³/mol. The molecule has 2 heterocycles. The SMILES string of the molecule is CC(C)[C@](O)(CO)NS(=O)(=O)c1ccc(-c2cccc(CC(=O)C3(c4ccc5c(c4)OCO5)CC3)n2)cc1. The fourth-order valence-corrected chi connectivity index (χ4v) is 5.93. The lowest BCUT2D eigenvalue weighted by Crippen LogP contribution is -2.54. The molecule has 5 rings (SSSR count). The highest BCUT2D eigenvalue weighted by Gasteiger charge is 2.51. The number of carbonyl (C=O) groups is 1. The standard InChI is InChI=1S/C28H30N2O7S/c1-18(2)28(33,16-31)30-38(34,35)22-9-6-19(7-10-22)23-5-3-4-21(29-23)15-26(32)27(12-13-27)20-8-11-24-25(14-20)37-17-36-24/h3-11,14,18,30-31,33H,12-13,15-17H2,1-2H3/t28-/m1/s1. The number of sulfonamides is 1. The first-order chi connectivity index (χ1) is 18.1. The van der Waals surface area contributed by atoms with Crippen LogP contribution in [0.4, 0.5) is 0 Å². The van der Waals surface area contributed by atoms with Crippen LogP contribution in [-0.4, -0.2) is 48.5 Å². The molecule has 0 unspecified atom stereocenters. The summed E-state index contributed by atoms with van der Waals surface area (Å²) in [5.41, 5.74) is 0.334. The van der Waals surface area contributed by atoms with Gasteiger partial charge in [-0.25, -0.2) is 8.42 Å². The highest BCUT2D eigenvalue weighted by molar-refractivity contribution is 7.89. The summed E-state index contributed by atoms with van der Waals surface area (Å²) in [6, 6.07) is 17.1. The number of hydrogen-bond acceptors (Lipinski definition) is 8. The number of ketones is 1. The van der Waals surface area contributed by atoms with Crippen molar-refractivity contribution < 1.29 is 32.9 Å². The van der Waals surface area contributed by atoms with Crippen molar-refractivity contribution in [3.05, 3.63) is 71.9 Å². The van der Waals surface area contributed by atoms with E-state index in [0.29, 0.717) is 28.5 Å². The normalized spacial score (nSPS) is 17.3. The van der Waals surface area contributed by atoms with Crippen molar-refractivity contribution in [1.82, 2.24) is 9.71 Å². The van der Waals surface area contributed by atoms with E-state index in [1.807, 2.05) is 30.3 Å². The first-order valence-electron chi connectivity index (χ1n) is 12.4. The van der Waals surface area contributed by atoms with Crippen LogP contribution >= 0.6 is 0 Å². The predicted octanol–water partition coefficient (Wildman–Crippen LogP) is 2.94. The largest absolute Gasteiger partial charge is 0.454 e. The third-order valence-corrected chi connectivity index (χ3v) is 8.84.